The molecule has 3 rings (SSSR count). The zero-order valence-electron chi connectivity index (χ0n) is 12.8. The first-order chi connectivity index (χ1) is 11.5. The van der Waals surface area contributed by atoms with Gasteiger partial charge in [-0.25, -0.2) is 4.79 Å². The van der Waals surface area contributed by atoms with Gasteiger partial charge in [-0.3, -0.25) is 10.1 Å². The molecule has 120 valence electrons. The molecule has 6 heteroatoms. The number of rotatable bonds is 3. The monoisotopic (exact) mass is 338 g/mol. The van der Waals surface area contributed by atoms with Gasteiger partial charge in [0.2, 0.25) is 0 Å². The second kappa shape index (κ2) is 6.64. The molecule has 0 spiro atoms. The molecule has 0 aromatic heterocycles. The number of amides is 1. The lowest BCUT2D eigenvalue weighted by Crippen LogP contribution is -2.21. The van der Waals surface area contributed by atoms with Gasteiger partial charge >= 0.3 is 5.97 Å². The molecule has 1 amide bonds. The number of nitrogens with one attached hydrogen (secondary N) is 2. The van der Waals surface area contributed by atoms with E-state index in [9.17, 15) is 9.59 Å². The van der Waals surface area contributed by atoms with Crippen LogP contribution in [-0.2, 0) is 4.79 Å². The fraction of sp³-hybridized carbons (Fsp3) is 0.0556. The third-order valence-corrected chi connectivity index (χ3v) is 3.56. The van der Waals surface area contributed by atoms with Crippen molar-refractivity contribution in [1.29, 1.82) is 0 Å². The van der Waals surface area contributed by atoms with Crippen LogP contribution in [0.15, 0.2) is 54.2 Å². The van der Waals surface area contributed by atoms with Gasteiger partial charge < -0.3 is 10.1 Å². The normalized spacial score (nSPS) is 15.1. The Balaban J connectivity index is 1.78. The molecule has 5 nitrogen and oxygen atoms in total. The number of hydrogen-bond donors (Lipinski definition) is 2. The topological polar surface area (TPSA) is 67.4 Å². The zero-order chi connectivity index (χ0) is 17.1. The van der Waals surface area contributed by atoms with Crippen LogP contribution in [0.3, 0.4) is 0 Å². The van der Waals surface area contributed by atoms with E-state index in [0.29, 0.717) is 22.6 Å². The minimum Gasteiger partial charge on any atom is -0.423 e. The molecule has 24 heavy (non-hydrogen) atoms. The predicted octanol–water partition coefficient (Wildman–Crippen LogP) is 2.56. The Bertz CT molecular complexity index is 874. The predicted molar refractivity (Wildman–Crippen MR) is 94.4 cm³/mol. The van der Waals surface area contributed by atoms with E-state index < -0.39 is 5.97 Å². The van der Waals surface area contributed by atoms with Crippen LogP contribution >= 0.6 is 12.2 Å². The third kappa shape index (κ3) is 3.67. The van der Waals surface area contributed by atoms with Gasteiger partial charge in [0.15, 0.2) is 5.11 Å². The Morgan fingerprint density at radius 1 is 1.12 bits per heavy atom. The van der Waals surface area contributed by atoms with Crippen molar-refractivity contribution in [2.75, 3.05) is 0 Å². The second-order valence-electron chi connectivity index (χ2n) is 5.30. The number of aryl methyl sites for hydroxylation is 1. The first-order valence-electron chi connectivity index (χ1n) is 7.24. The maximum atomic E-state index is 12.2. The first-order valence-corrected chi connectivity index (χ1v) is 7.65. The Hall–Kier alpha value is -2.99. The number of benzene rings is 2. The molecule has 1 fully saturated rings. The van der Waals surface area contributed by atoms with E-state index in [1.54, 1.807) is 48.5 Å². The number of carbonyl (C=O) groups is 2. The van der Waals surface area contributed by atoms with Crippen molar-refractivity contribution in [3.05, 3.63) is 70.9 Å². The van der Waals surface area contributed by atoms with Crippen LogP contribution in [0.1, 0.15) is 21.5 Å². The number of carbonyl (C=O) groups excluding carboxylic acids is 2. The van der Waals surface area contributed by atoms with E-state index >= 15 is 0 Å². The van der Waals surface area contributed by atoms with Gasteiger partial charge in [0.05, 0.1) is 5.56 Å². The highest BCUT2D eigenvalue weighted by Crippen LogP contribution is 2.18. The van der Waals surface area contributed by atoms with Crippen molar-refractivity contribution < 1.29 is 14.3 Å². The Kier molecular flexibility index (Phi) is 4.39. The average molecular weight is 338 g/mol. The first kappa shape index (κ1) is 15.9. The standard InChI is InChI=1S/C18H14N2O3S/c1-11-4-2-6-13(8-11)17(22)23-14-7-3-5-12(9-14)10-15-16(21)20-18(24)19-15/h2-10H,1H3,(H2,19,20,21,24)/b15-10+. The molecule has 2 aromatic rings. The lowest BCUT2D eigenvalue weighted by molar-refractivity contribution is -0.115. The maximum absolute atomic E-state index is 12.2. The molecule has 0 unspecified atom stereocenters. The van der Waals surface area contributed by atoms with Crippen LogP contribution in [0.2, 0.25) is 0 Å². The minimum absolute atomic E-state index is 0.272. The Morgan fingerprint density at radius 2 is 1.92 bits per heavy atom. The Labute approximate surface area is 144 Å². The lowest BCUT2D eigenvalue weighted by atomic mass is 10.1. The van der Waals surface area contributed by atoms with Gasteiger partial charge in [0.25, 0.3) is 5.91 Å². The highest BCUT2D eigenvalue weighted by Gasteiger charge is 2.19. The van der Waals surface area contributed by atoms with Crippen LogP contribution in [0.25, 0.3) is 6.08 Å². The highest BCUT2D eigenvalue weighted by atomic mass is 32.1. The van der Waals surface area contributed by atoms with Crippen molar-refractivity contribution in [3.63, 3.8) is 0 Å². The summed E-state index contributed by atoms with van der Waals surface area (Å²) >= 11 is 4.88. The van der Waals surface area contributed by atoms with Crippen LogP contribution < -0.4 is 15.4 Å². The fourth-order valence-corrected chi connectivity index (χ4v) is 2.46. The molecule has 2 N–H and O–H groups in total. The quantitative estimate of drug-likeness (QED) is 0.390. The number of thiocarbonyl (C=S) groups is 1. The summed E-state index contributed by atoms with van der Waals surface area (Å²) in [4.78, 5) is 23.8. The van der Waals surface area contributed by atoms with Gasteiger partial charge in [0.1, 0.15) is 11.4 Å². The van der Waals surface area contributed by atoms with Gasteiger partial charge in [-0.15, -0.1) is 0 Å². The van der Waals surface area contributed by atoms with E-state index in [1.807, 2.05) is 13.0 Å². The average Bonchev–Trinajstić information content (AvgIpc) is 2.85. The molecule has 1 aliphatic heterocycles. The summed E-state index contributed by atoms with van der Waals surface area (Å²) < 4.78 is 5.39. The van der Waals surface area contributed by atoms with Crippen molar-refractivity contribution in [2.45, 2.75) is 6.92 Å². The maximum Gasteiger partial charge on any atom is 0.343 e. The molecular formula is C18H14N2O3S. The van der Waals surface area contributed by atoms with Crippen LogP contribution in [0, 0.1) is 6.92 Å². The summed E-state index contributed by atoms with van der Waals surface area (Å²) in [5.74, 6) is -0.319. The van der Waals surface area contributed by atoms with Crippen LogP contribution in [-0.4, -0.2) is 17.0 Å². The summed E-state index contributed by atoms with van der Waals surface area (Å²) in [6, 6.07) is 14.1. The van der Waals surface area contributed by atoms with E-state index in [-0.39, 0.29) is 11.0 Å². The van der Waals surface area contributed by atoms with Crippen molar-refractivity contribution >= 4 is 35.3 Å². The molecule has 1 aliphatic rings. The fourth-order valence-electron chi connectivity index (χ4n) is 2.25. The lowest BCUT2D eigenvalue weighted by Gasteiger charge is -2.06. The van der Waals surface area contributed by atoms with Crippen LogP contribution in [0.5, 0.6) is 5.75 Å². The molecule has 1 saturated heterocycles. The summed E-state index contributed by atoms with van der Waals surface area (Å²) in [5, 5.41) is 5.53. The number of esters is 1. The molecule has 2 aromatic carbocycles. The molecule has 0 atom stereocenters. The van der Waals surface area contributed by atoms with Gasteiger partial charge in [-0.05, 0) is 55.0 Å². The summed E-state index contributed by atoms with van der Waals surface area (Å²) in [7, 11) is 0. The summed E-state index contributed by atoms with van der Waals surface area (Å²) in [6.07, 6.45) is 1.64. The van der Waals surface area contributed by atoms with Crippen LogP contribution in [0.4, 0.5) is 0 Å². The summed E-state index contributed by atoms with van der Waals surface area (Å²) in [5.41, 5.74) is 2.53. The van der Waals surface area contributed by atoms with Crippen molar-refractivity contribution in [3.8, 4) is 5.75 Å². The van der Waals surface area contributed by atoms with Crippen molar-refractivity contribution in [1.82, 2.24) is 10.6 Å². The minimum atomic E-state index is -0.429. The zero-order valence-corrected chi connectivity index (χ0v) is 13.6. The molecule has 0 aliphatic carbocycles. The SMILES string of the molecule is Cc1cccc(C(=O)Oc2cccc(/C=C3/NC(=S)NC3=O)c2)c1. The Morgan fingerprint density at radius 3 is 2.62 bits per heavy atom. The molecule has 0 radical (unpaired) electrons. The number of ether oxygens (including phenoxy) is 1. The van der Waals surface area contributed by atoms with Crippen molar-refractivity contribution in [2.24, 2.45) is 0 Å². The van der Waals surface area contributed by atoms with Gasteiger partial charge in [0, 0.05) is 0 Å². The molecule has 1 heterocycles. The number of hydrogen-bond acceptors (Lipinski definition) is 4. The molecular weight excluding hydrogens is 324 g/mol. The van der Waals surface area contributed by atoms with Gasteiger partial charge in [-0.1, -0.05) is 29.8 Å². The summed E-state index contributed by atoms with van der Waals surface area (Å²) in [6.45, 7) is 1.91. The highest BCUT2D eigenvalue weighted by molar-refractivity contribution is 7.80. The smallest absolute Gasteiger partial charge is 0.343 e. The largest absolute Gasteiger partial charge is 0.423 e. The van der Waals surface area contributed by atoms with E-state index in [1.165, 1.54) is 0 Å². The van der Waals surface area contributed by atoms with Gasteiger partial charge in [-0.2, -0.15) is 0 Å². The third-order valence-electron chi connectivity index (χ3n) is 3.35. The van der Waals surface area contributed by atoms with E-state index in [0.717, 1.165) is 5.56 Å². The van der Waals surface area contributed by atoms with E-state index in [2.05, 4.69) is 10.6 Å². The molecule has 0 bridgehead atoms. The van der Waals surface area contributed by atoms with E-state index in [4.69, 9.17) is 17.0 Å². The molecule has 0 saturated carbocycles. The second-order valence-corrected chi connectivity index (χ2v) is 5.71.